The Bertz CT molecular complexity index is 1450. The van der Waals surface area contributed by atoms with Crippen LogP contribution in [0.2, 0.25) is 0 Å². The van der Waals surface area contributed by atoms with Crippen molar-refractivity contribution in [1.82, 2.24) is 5.32 Å². The Morgan fingerprint density at radius 3 is 2.33 bits per heavy atom. The maximum absolute atomic E-state index is 15.0. The fourth-order valence-corrected chi connectivity index (χ4v) is 4.65. The topological polar surface area (TPSA) is 88.2 Å². The molecule has 0 spiro atoms. The molecule has 3 rings (SSSR count). The largest absolute Gasteiger partial charge is 0.467 e. The Kier molecular flexibility index (Phi) is 11.0. The maximum Gasteiger partial charge on any atom is 0.418 e. The van der Waals surface area contributed by atoms with Gasteiger partial charge in [-0.3, -0.25) is 9.59 Å². The first-order chi connectivity index (χ1) is 21.0. The van der Waals surface area contributed by atoms with E-state index < -0.39 is 77.1 Å². The zero-order valence-electron chi connectivity index (χ0n) is 23.8. The van der Waals surface area contributed by atoms with Gasteiger partial charge in [-0.1, -0.05) is 24.8 Å². The molecular formula is C29H27F8N3O5. The Labute approximate surface area is 251 Å². The molecule has 1 saturated heterocycles. The number of anilines is 2. The van der Waals surface area contributed by atoms with Crippen LogP contribution in [0.4, 0.5) is 46.5 Å². The third kappa shape index (κ3) is 8.17. The van der Waals surface area contributed by atoms with Gasteiger partial charge in [0.1, 0.15) is 29.3 Å². The predicted octanol–water partition coefficient (Wildman–Crippen LogP) is 4.88. The molecule has 1 N–H and O–H groups in total. The minimum absolute atomic E-state index is 0.00858. The second-order valence-electron chi connectivity index (χ2n) is 9.71. The van der Waals surface area contributed by atoms with Gasteiger partial charge in [-0.25, -0.2) is 13.6 Å². The lowest BCUT2D eigenvalue weighted by molar-refractivity contribution is -0.167. The normalized spacial score (nSPS) is 16.8. The first-order valence-electron chi connectivity index (χ1n) is 13.0. The Morgan fingerprint density at radius 2 is 1.80 bits per heavy atom. The molecule has 2 aromatic rings. The highest BCUT2D eigenvalue weighted by Crippen LogP contribution is 2.33. The van der Waals surface area contributed by atoms with Crippen molar-refractivity contribution < 1.29 is 59.0 Å². The summed E-state index contributed by atoms with van der Waals surface area (Å²) in [5.74, 6) is -5.49. The number of ether oxygens (including phenoxy) is 2. The van der Waals surface area contributed by atoms with Crippen LogP contribution >= 0.6 is 0 Å². The van der Waals surface area contributed by atoms with E-state index in [2.05, 4.69) is 16.6 Å². The number of amides is 1. The highest BCUT2D eigenvalue weighted by atomic mass is 19.4. The maximum atomic E-state index is 15.0. The molecule has 0 radical (unpaired) electrons. The zero-order valence-corrected chi connectivity index (χ0v) is 23.8. The van der Waals surface area contributed by atoms with E-state index in [9.17, 15) is 40.7 Å². The number of rotatable bonds is 10. The third-order valence-corrected chi connectivity index (χ3v) is 6.88. The summed E-state index contributed by atoms with van der Waals surface area (Å²) in [4.78, 5) is 38.6. The van der Waals surface area contributed by atoms with Crippen molar-refractivity contribution in [3.63, 3.8) is 0 Å². The molecule has 0 saturated carbocycles. The summed E-state index contributed by atoms with van der Waals surface area (Å²) in [5.41, 5.74) is -3.42. The molecule has 0 bridgehead atoms. The smallest absolute Gasteiger partial charge is 0.418 e. The number of aldehydes is 1. The summed E-state index contributed by atoms with van der Waals surface area (Å²) in [6.07, 6.45) is -9.58. The van der Waals surface area contributed by atoms with Gasteiger partial charge in [0.25, 0.3) is 5.91 Å². The summed E-state index contributed by atoms with van der Waals surface area (Å²) in [5, 5.41) is 2.13. The van der Waals surface area contributed by atoms with E-state index in [1.807, 2.05) is 0 Å². The SMILES string of the molecule is C=C/C(=C(\C=O)N(C)c1cccc(C[C@H](NC(=O)c2c(F)cc(N3CCOC[C@@H]3C(F)(F)F)cc2F)C(=O)OC)c1)C(F)(F)F. The highest BCUT2D eigenvalue weighted by molar-refractivity contribution is 5.97. The molecule has 16 heteroatoms. The number of esters is 1. The summed E-state index contributed by atoms with van der Waals surface area (Å²) in [6.45, 7) is 1.87. The molecule has 1 aliphatic heterocycles. The number of hydrogen-bond donors (Lipinski definition) is 1. The third-order valence-electron chi connectivity index (χ3n) is 6.88. The number of morpholine rings is 1. The molecule has 0 unspecified atom stereocenters. The van der Waals surface area contributed by atoms with Crippen molar-refractivity contribution in [3.8, 4) is 0 Å². The van der Waals surface area contributed by atoms with E-state index in [-0.39, 0.29) is 37.1 Å². The molecule has 1 aliphatic rings. The Morgan fingerprint density at radius 1 is 1.16 bits per heavy atom. The van der Waals surface area contributed by atoms with E-state index in [0.29, 0.717) is 23.1 Å². The van der Waals surface area contributed by atoms with Gasteiger partial charge < -0.3 is 24.6 Å². The molecule has 1 heterocycles. The molecule has 0 aromatic heterocycles. The van der Waals surface area contributed by atoms with Crippen molar-refractivity contribution in [2.75, 3.05) is 43.7 Å². The van der Waals surface area contributed by atoms with Crippen LogP contribution in [0.1, 0.15) is 15.9 Å². The number of alkyl halides is 6. The number of halogens is 8. The number of hydrogen-bond acceptors (Lipinski definition) is 7. The molecule has 1 amide bonds. The summed E-state index contributed by atoms with van der Waals surface area (Å²) >= 11 is 0. The average Bonchev–Trinajstić information content (AvgIpc) is 2.97. The minimum atomic E-state index is -4.89. The van der Waals surface area contributed by atoms with Gasteiger partial charge in [-0.15, -0.1) is 0 Å². The van der Waals surface area contributed by atoms with Gasteiger partial charge >= 0.3 is 18.3 Å². The lowest BCUT2D eigenvalue weighted by atomic mass is 10.0. The number of allylic oxidation sites excluding steroid dienone is 3. The monoisotopic (exact) mass is 649 g/mol. The number of methoxy groups -OCH3 is 1. The summed E-state index contributed by atoms with van der Waals surface area (Å²) < 4.78 is 120. The first-order valence-corrected chi connectivity index (χ1v) is 13.0. The molecule has 2 aromatic carbocycles. The minimum Gasteiger partial charge on any atom is -0.467 e. The highest BCUT2D eigenvalue weighted by Gasteiger charge is 2.46. The van der Waals surface area contributed by atoms with Gasteiger partial charge in [0.15, 0.2) is 6.29 Å². The average molecular weight is 650 g/mol. The number of carbonyl (C=O) groups is 3. The van der Waals surface area contributed by atoms with Crippen molar-refractivity contribution >= 4 is 29.5 Å². The van der Waals surface area contributed by atoms with Crippen LogP contribution in [0.3, 0.4) is 0 Å². The number of nitrogens with zero attached hydrogens (tertiary/aromatic N) is 2. The molecule has 8 nitrogen and oxygen atoms in total. The fraction of sp³-hybridized carbons (Fsp3) is 0.345. The van der Waals surface area contributed by atoms with Crippen LogP contribution in [0.5, 0.6) is 0 Å². The molecule has 1 fully saturated rings. The number of nitrogens with one attached hydrogen (secondary N) is 1. The van der Waals surface area contributed by atoms with Gasteiger partial charge in [0.2, 0.25) is 0 Å². The van der Waals surface area contributed by atoms with Crippen molar-refractivity contribution in [2.24, 2.45) is 0 Å². The molecular weight excluding hydrogens is 622 g/mol. The predicted molar refractivity (Wildman–Crippen MR) is 146 cm³/mol. The van der Waals surface area contributed by atoms with E-state index in [0.717, 1.165) is 12.0 Å². The van der Waals surface area contributed by atoms with Crippen LogP contribution in [0, 0.1) is 11.6 Å². The number of carbonyl (C=O) groups excluding carboxylic acids is 3. The van der Waals surface area contributed by atoms with Crippen LogP contribution in [0.15, 0.2) is 60.3 Å². The van der Waals surface area contributed by atoms with E-state index in [1.54, 1.807) is 0 Å². The number of likely N-dealkylation sites (N-methyl/N-ethyl adjacent to an activating group) is 1. The van der Waals surface area contributed by atoms with Gasteiger partial charge in [0, 0.05) is 31.4 Å². The quantitative estimate of drug-likeness (QED) is 0.129. The second kappa shape index (κ2) is 14.1. The van der Waals surface area contributed by atoms with Crippen LogP contribution in [0.25, 0.3) is 0 Å². The van der Waals surface area contributed by atoms with E-state index in [1.165, 1.54) is 31.3 Å². The van der Waals surface area contributed by atoms with Crippen LogP contribution < -0.4 is 15.1 Å². The lowest BCUT2D eigenvalue weighted by Gasteiger charge is -2.38. The Hall–Kier alpha value is -4.47. The first kappa shape index (κ1) is 35.0. The van der Waals surface area contributed by atoms with Crippen molar-refractivity contribution in [1.29, 1.82) is 0 Å². The van der Waals surface area contributed by atoms with Crippen LogP contribution in [-0.2, 0) is 25.5 Å². The second-order valence-corrected chi connectivity index (χ2v) is 9.71. The van der Waals surface area contributed by atoms with Gasteiger partial charge in [-0.05, 0) is 29.8 Å². The molecule has 45 heavy (non-hydrogen) atoms. The number of benzene rings is 2. The molecule has 244 valence electrons. The van der Waals surface area contributed by atoms with Gasteiger partial charge in [0.05, 0.1) is 31.6 Å². The van der Waals surface area contributed by atoms with Crippen LogP contribution in [-0.4, -0.2) is 76.5 Å². The van der Waals surface area contributed by atoms with Crippen molar-refractivity contribution in [2.45, 2.75) is 30.9 Å². The Balaban J connectivity index is 1.89. The van der Waals surface area contributed by atoms with Crippen molar-refractivity contribution in [3.05, 3.63) is 83.1 Å². The zero-order chi connectivity index (χ0) is 33.7. The fourth-order valence-electron chi connectivity index (χ4n) is 4.65. The van der Waals surface area contributed by atoms with E-state index in [4.69, 9.17) is 4.74 Å². The lowest BCUT2D eigenvalue weighted by Crippen LogP contribution is -2.53. The summed E-state index contributed by atoms with van der Waals surface area (Å²) in [6, 6.07) is 2.85. The van der Waals surface area contributed by atoms with Gasteiger partial charge in [-0.2, -0.15) is 26.3 Å². The van der Waals surface area contributed by atoms with E-state index >= 15 is 8.78 Å². The summed E-state index contributed by atoms with van der Waals surface area (Å²) in [7, 11) is 2.15. The molecule has 0 aliphatic carbocycles. The molecule has 2 atom stereocenters. The standard InChI is InChI=1S/C29H27F8N3O5/c1-4-19(28(32,33)34)23(14-41)39(2)17-7-5-6-16(10-17)11-22(27(43)44-3)38-26(42)25-20(30)12-18(13-21(25)31)40-8-9-45-15-24(40)29(35,36)37/h4-7,10,12-14,22,24H,1,8-9,11,15H2,2-3H3,(H,38,42)/b23-19-/t22-,24+/m0/s1.